The molecule has 2 rings (SSSR count). The van der Waals surface area contributed by atoms with Crippen LogP contribution in [0, 0.1) is 0 Å². The van der Waals surface area contributed by atoms with E-state index in [-0.39, 0.29) is 0 Å². The number of hydrogen-bond donors (Lipinski definition) is 0. The molecule has 0 radical (unpaired) electrons. The van der Waals surface area contributed by atoms with E-state index in [0.717, 1.165) is 12.1 Å². The number of fused-ring (bicyclic) bond motifs is 1. The topological polar surface area (TPSA) is 3.24 Å². The Hall–Kier alpha value is -0.0400. The van der Waals surface area contributed by atoms with Gasteiger partial charge in [0.15, 0.2) is 0 Å². The summed E-state index contributed by atoms with van der Waals surface area (Å²) in [4.78, 5) is 2.74. The highest BCUT2D eigenvalue weighted by atomic mass is 15.2. The molecule has 64 valence electrons. The second kappa shape index (κ2) is 3.14. The van der Waals surface area contributed by atoms with Gasteiger partial charge in [-0.15, -0.1) is 0 Å². The first-order valence-electron chi connectivity index (χ1n) is 5.13. The summed E-state index contributed by atoms with van der Waals surface area (Å²) in [5, 5.41) is 0. The van der Waals surface area contributed by atoms with E-state index in [1.807, 2.05) is 0 Å². The summed E-state index contributed by atoms with van der Waals surface area (Å²) in [5.41, 5.74) is 0. The summed E-state index contributed by atoms with van der Waals surface area (Å²) >= 11 is 0. The van der Waals surface area contributed by atoms with E-state index in [1.165, 1.54) is 45.1 Å². The van der Waals surface area contributed by atoms with Gasteiger partial charge >= 0.3 is 0 Å². The zero-order valence-corrected chi connectivity index (χ0v) is 7.55. The van der Waals surface area contributed by atoms with Crippen molar-refractivity contribution in [2.75, 3.05) is 6.54 Å². The monoisotopic (exact) mass is 153 g/mol. The minimum Gasteiger partial charge on any atom is -0.298 e. The van der Waals surface area contributed by atoms with Gasteiger partial charge in [-0.1, -0.05) is 12.8 Å². The first-order valence-corrected chi connectivity index (χ1v) is 5.13. The van der Waals surface area contributed by atoms with Crippen molar-refractivity contribution >= 4 is 0 Å². The van der Waals surface area contributed by atoms with Crippen LogP contribution in [0.3, 0.4) is 0 Å². The van der Waals surface area contributed by atoms with Gasteiger partial charge in [-0.05, 0) is 39.2 Å². The molecule has 2 heterocycles. The average Bonchev–Trinajstić information content (AvgIpc) is 2.40. The predicted octanol–water partition coefficient (Wildman–Crippen LogP) is 2.41. The fraction of sp³-hybridized carbons (Fsp3) is 1.00. The zero-order chi connectivity index (χ0) is 7.68. The Bertz CT molecular complexity index is 133. The molecule has 2 fully saturated rings. The van der Waals surface area contributed by atoms with Crippen molar-refractivity contribution in [1.82, 2.24) is 4.90 Å². The van der Waals surface area contributed by atoms with Crippen LogP contribution in [0.5, 0.6) is 0 Å². The summed E-state index contributed by atoms with van der Waals surface area (Å²) in [7, 11) is 0. The first kappa shape index (κ1) is 7.60. The molecule has 0 aliphatic carbocycles. The molecule has 1 nitrogen and oxygen atoms in total. The average molecular weight is 153 g/mol. The fourth-order valence-corrected chi connectivity index (χ4v) is 2.73. The second-order valence-electron chi connectivity index (χ2n) is 4.17. The number of rotatable bonds is 0. The largest absolute Gasteiger partial charge is 0.298 e. The molecule has 0 N–H and O–H groups in total. The van der Waals surface area contributed by atoms with Crippen LogP contribution in [0.15, 0.2) is 0 Å². The minimum atomic E-state index is 0.880. The predicted molar refractivity (Wildman–Crippen MR) is 47.7 cm³/mol. The van der Waals surface area contributed by atoms with Crippen LogP contribution in [0.4, 0.5) is 0 Å². The van der Waals surface area contributed by atoms with Gasteiger partial charge in [0.1, 0.15) is 0 Å². The third-order valence-corrected chi connectivity index (χ3v) is 3.40. The highest BCUT2D eigenvalue weighted by molar-refractivity contribution is 4.85. The third kappa shape index (κ3) is 1.44. The molecule has 0 spiro atoms. The molecule has 11 heavy (non-hydrogen) atoms. The van der Waals surface area contributed by atoms with Gasteiger partial charge in [-0.2, -0.15) is 0 Å². The van der Waals surface area contributed by atoms with E-state index in [2.05, 4.69) is 11.8 Å². The van der Waals surface area contributed by atoms with Crippen LogP contribution in [0.25, 0.3) is 0 Å². The van der Waals surface area contributed by atoms with Crippen LogP contribution in [-0.4, -0.2) is 23.5 Å². The minimum absolute atomic E-state index is 0.880. The quantitative estimate of drug-likeness (QED) is 0.516. The van der Waals surface area contributed by atoms with Crippen molar-refractivity contribution in [3.63, 3.8) is 0 Å². The standard InChI is InChI=1S/C10H19N/c1-9-5-2-3-6-10-7-4-8-11(9)10/h9-10H,2-8H2,1H3/t9-,10-/m0/s1. The molecule has 0 bridgehead atoms. The fourth-order valence-electron chi connectivity index (χ4n) is 2.73. The van der Waals surface area contributed by atoms with E-state index in [0.29, 0.717) is 0 Å². The molecule has 0 amide bonds. The molecule has 0 aromatic rings. The van der Waals surface area contributed by atoms with Crippen molar-refractivity contribution in [3.05, 3.63) is 0 Å². The molecule has 0 saturated carbocycles. The Balaban J connectivity index is 2.03. The Kier molecular flexibility index (Phi) is 2.17. The van der Waals surface area contributed by atoms with Crippen molar-refractivity contribution in [3.8, 4) is 0 Å². The van der Waals surface area contributed by atoms with E-state index in [1.54, 1.807) is 0 Å². The molecule has 2 aliphatic heterocycles. The van der Waals surface area contributed by atoms with Crippen molar-refractivity contribution < 1.29 is 0 Å². The highest BCUT2D eigenvalue weighted by Gasteiger charge is 2.29. The lowest BCUT2D eigenvalue weighted by molar-refractivity contribution is 0.194. The lowest BCUT2D eigenvalue weighted by Crippen LogP contribution is -2.35. The molecule has 0 unspecified atom stereocenters. The summed E-state index contributed by atoms with van der Waals surface area (Å²) in [6.45, 7) is 3.79. The SMILES string of the molecule is C[C@H]1CCCC[C@H]2CCCN21. The van der Waals surface area contributed by atoms with E-state index < -0.39 is 0 Å². The maximum Gasteiger partial charge on any atom is 0.00985 e. The van der Waals surface area contributed by atoms with Crippen LogP contribution < -0.4 is 0 Å². The van der Waals surface area contributed by atoms with Crippen LogP contribution in [-0.2, 0) is 0 Å². The molecule has 2 saturated heterocycles. The van der Waals surface area contributed by atoms with Crippen LogP contribution >= 0.6 is 0 Å². The van der Waals surface area contributed by atoms with Gasteiger partial charge in [0, 0.05) is 12.1 Å². The molecule has 0 aromatic carbocycles. The number of nitrogens with zero attached hydrogens (tertiary/aromatic N) is 1. The van der Waals surface area contributed by atoms with Crippen molar-refractivity contribution in [2.24, 2.45) is 0 Å². The van der Waals surface area contributed by atoms with E-state index >= 15 is 0 Å². The molecule has 0 aromatic heterocycles. The smallest absolute Gasteiger partial charge is 0.00985 e. The van der Waals surface area contributed by atoms with E-state index in [4.69, 9.17) is 0 Å². The van der Waals surface area contributed by atoms with Gasteiger partial charge in [0.25, 0.3) is 0 Å². The Morgan fingerprint density at radius 2 is 1.73 bits per heavy atom. The van der Waals surface area contributed by atoms with Crippen molar-refractivity contribution in [2.45, 2.75) is 57.5 Å². The van der Waals surface area contributed by atoms with Crippen LogP contribution in [0.2, 0.25) is 0 Å². The maximum atomic E-state index is 2.74. The molecule has 2 aliphatic rings. The Morgan fingerprint density at radius 3 is 2.64 bits per heavy atom. The zero-order valence-electron chi connectivity index (χ0n) is 7.55. The molecular weight excluding hydrogens is 134 g/mol. The Labute approximate surface area is 69.8 Å². The molecule has 2 atom stereocenters. The maximum absolute atomic E-state index is 2.74. The summed E-state index contributed by atoms with van der Waals surface area (Å²) in [6, 6.07) is 1.84. The van der Waals surface area contributed by atoms with Gasteiger partial charge in [0.05, 0.1) is 0 Å². The molecular formula is C10H19N. The third-order valence-electron chi connectivity index (χ3n) is 3.40. The lowest BCUT2D eigenvalue weighted by Gasteiger charge is -2.27. The molecule has 1 heteroatoms. The highest BCUT2D eigenvalue weighted by Crippen LogP contribution is 2.29. The van der Waals surface area contributed by atoms with Gasteiger partial charge in [-0.3, -0.25) is 4.90 Å². The second-order valence-corrected chi connectivity index (χ2v) is 4.17. The van der Waals surface area contributed by atoms with Gasteiger partial charge < -0.3 is 0 Å². The first-order chi connectivity index (χ1) is 5.38. The van der Waals surface area contributed by atoms with Gasteiger partial charge in [0.2, 0.25) is 0 Å². The van der Waals surface area contributed by atoms with Crippen molar-refractivity contribution in [1.29, 1.82) is 0 Å². The summed E-state index contributed by atoms with van der Waals surface area (Å²) in [6.07, 6.45) is 8.79. The normalized spacial score (nSPS) is 40.1. The van der Waals surface area contributed by atoms with Crippen LogP contribution in [0.1, 0.15) is 45.4 Å². The summed E-state index contributed by atoms with van der Waals surface area (Å²) in [5.74, 6) is 0. The van der Waals surface area contributed by atoms with Gasteiger partial charge in [-0.25, -0.2) is 0 Å². The Morgan fingerprint density at radius 1 is 1.00 bits per heavy atom. The lowest BCUT2D eigenvalue weighted by atomic mass is 10.1. The number of hydrogen-bond acceptors (Lipinski definition) is 1. The summed E-state index contributed by atoms with van der Waals surface area (Å²) < 4.78 is 0. The van der Waals surface area contributed by atoms with E-state index in [9.17, 15) is 0 Å².